The van der Waals surface area contributed by atoms with E-state index in [2.05, 4.69) is 15.8 Å². The van der Waals surface area contributed by atoms with E-state index in [0.717, 1.165) is 12.0 Å². The summed E-state index contributed by atoms with van der Waals surface area (Å²) < 4.78 is 5.27. The molecule has 1 aliphatic heterocycles. The quantitative estimate of drug-likeness (QED) is 0.838. The smallest absolute Gasteiger partial charge is 0.232 e. The minimum absolute atomic E-state index is 0.200. The average molecular weight is 299 g/mol. The average Bonchev–Trinajstić information content (AvgIpc) is 3.03. The van der Waals surface area contributed by atoms with Crippen molar-refractivity contribution in [2.45, 2.75) is 19.4 Å². The van der Waals surface area contributed by atoms with E-state index >= 15 is 0 Å². The first-order valence-corrected chi connectivity index (χ1v) is 7.30. The monoisotopic (exact) mass is 299 g/mol. The van der Waals surface area contributed by atoms with Crippen LogP contribution in [0.3, 0.4) is 0 Å². The molecule has 1 atom stereocenters. The molecule has 2 N–H and O–H groups in total. The number of amides is 2. The Bertz CT molecular complexity index is 666. The molecule has 0 spiro atoms. The molecule has 3 rings (SSSR count). The first-order valence-electron chi connectivity index (χ1n) is 7.30. The first kappa shape index (κ1) is 14.3. The molecule has 114 valence electrons. The molecule has 1 fully saturated rings. The van der Waals surface area contributed by atoms with Crippen LogP contribution in [0.4, 0.5) is 0 Å². The number of hydrogen-bond acceptors (Lipinski definition) is 4. The van der Waals surface area contributed by atoms with Crippen LogP contribution in [0, 0.1) is 5.92 Å². The van der Waals surface area contributed by atoms with E-state index < -0.39 is 5.92 Å². The number of nitrogens with zero attached hydrogens (tertiary/aromatic N) is 1. The number of rotatable bonds is 4. The minimum Gasteiger partial charge on any atom is -0.356 e. The molecule has 1 aromatic carbocycles. The summed E-state index contributed by atoms with van der Waals surface area (Å²) in [6, 6.07) is 11.4. The van der Waals surface area contributed by atoms with Crippen LogP contribution in [-0.2, 0) is 16.1 Å². The van der Waals surface area contributed by atoms with E-state index in [9.17, 15) is 9.59 Å². The van der Waals surface area contributed by atoms with Gasteiger partial charge in [-0.3, -0.25) is 9.59 Å². The van der Waals surface area contributed by atoms with Gasteiger partial charge >= 0.3 is 0 Å². The molecule has 1 aromatic heterocycles. The van der Waals surface area contributed by atoms with Gasteiger partial charge in [0.2, 0.25) is 11.8 Å². The van der Waals surface area contributed by atoms with Crippen molar-refractivity contribution in [1.82, 2.24) is 15.8 Å². The van der Waals surface area contributed by atoms with Crippen molar-refractivity contribution < 1.29 is 14.1 Å². The van der Waals surface area contributed by atoms with Crippen molar-refractivity contribution in [3.8, 4) is 11.3 Å². The van der Waals surface area contributed by atoms with Crippen LogP contribution < -0.4 is 10.6 Å². The van der Waals surface area contributed by atoms with Crippen molar-refractivity contribution in [1.29, 1.82) is 0 Å². The van der Waals surface area contributed by atoms with E-state index in [4.69, 9.17) is 4.52 Å². The molecule has 1 saturated heterocycles. The maximum Gasteiger partial charge on any atom is 0.232 e. The standard InChI is InChI=1S/C16H17N3O3/c20-15-13(7-4-8-17-15)16(21)18-10-12-9-14(22-19-12)11-5-2-1-3-6-11/h1-3,5-6,9,13H,4,7-8,10H2,(H,17,20)(H,18,21). The van der Waals surface area contributed by atoms with E-state index in [0.29, 0.717) is 24.4 Å². The number of carbonyl (C=O) groups is 2. The lowest BCUT2D eigenvalue weighted by molar-refractivity contribution is -0.136. The second-order valence-corrected chi connectivity index (χ2v) is 5.25. The van der Waals surface area contributed by atoms with Crippen LogP contribution >= 0.6 is 0 Å². The van der Waals surface area contributed by atoms with Crippen molar-refractivity contribution in [2.24, 2.45) is 5.92 Å². The molecule has 2 aromatic rings. The summed E-state index contributed by atoms with van der Waals surface area (Å²) in [5, 5.41) is 9.38. The summed E-state index contributed by atoms with van der Waals surface area (Å²) in [6.07, 6.45) is 1.41. The van der Waals surface area contributed by atoms with Gasteiger partial charge in [0.1, 0.15) is 11.6 Å². The van der Waals surface area contributed by atoms with Crippen molar-refractivity contribution in [3.05, 3.63) is 42.1 Å². The Kier molecular flexibility index (Phi) is 4.18. The van der Waals surface area contributed by atoms with Gasteiger partial charge in [-0.05, 0) is 12.8 Å². The molecule has 2 heterocycles. The highest BCUT2D eigenvalue weighted by Gasteiger charge is 2.28. The normalized spacial score (nSPS) is 17.8. The number of aromatic nitrogens is 1. The first-order chi connectivity index (χ1) is 10.7. The third kappa shape index (κ3) is 3.16. The fourth-order valence-corrected chi connectivity index (χ4v) is 2.46. The zero-order valence-corrected chi connectivity index (χ0v) is 12.0. The highest BCUT2D eigenvalue weighted by molar-refractivity contribution is 6.00. The summed E-state index contributed by atoms with van der Waals surface area (Å²) in [7, 11) is 0. The number of piperidine rings is 1. The highest BCUT2D eigenvalue weighted by Crippen LogP contribution is 2.19. The molecule has 0 saturated carbocycles. The third-order valence-electron chi connectivity index (χ3n) is 3.66. The van der Waals surface area contributed by atoms with Gasteiger partial charge in [0.15, 0.2) is 5.76 Å². The SMILES string of the molecule is O=C1NCCCC1C(=O)NCc1cc(-c2ccccc2)on1. The van der Waals surface area contributed by atoms with E-state index in [1.54, 1.807) is 6.07 Å². The fraction of sp³-hybridized carbons (Fsp3) is 0.312. The van der Waals surface area contributed by atoms with Crippen LogP contribution in [0.1, 0.15) is 18.5 Å². The Morgan fingerprint density at radius 2 is 2.18 bits per heavy atom. The lowest BCUT2D eigenvalue weighted by Gasteiger charge is -2.20. The minimum atomic E-state index is -0.603. The van der Waals surface area contributed by atoms with Gasteiger partial charge in [0.25, 0.3) is 0 Å². The number of benzene rings is 1. The molecule has 1 unspecified atom stereocenters. The molecular formula is C16H17N3O3. The highest BCUT2D eigenvalue weighted by atomic mass is 16.5. The van der Waals surface area contributed by atoms with Gasteiger partial charge in [-0.1, -0.05) is 35.5 Å². The Morgan fingerprint density at radius 1 is 1.36 bits per heavy atom. The summed E-state index contributed by atoms with van der Waals surface area (Å²) in [5.41, 5.74) is 1.56. The van der Waals surface area contributed by atoms with Crippen LogP contribution in [0.25, 0.3) is 11.3 Å². The van der Waals surface area contributed by atoms with Crippen LogP contribution in [0.2, 0.25) is 0 Å². The summed E-state index contributed by atoms with van der Waals surface area (Å²) >= 11 is 0. The molecular weight excluding hydrogens is 282 g/mol. The van der Waals surface area contributed by atoms with Crippen molar-refractivity contribution >= 4 is 11.8 Å². The predicted molar refractivity (Wildman–Crippen MR) is 79.5 cm³/mol. The molecule has 0 aliphatic carbocycles. The number of nitrogens with one attached hydrogen (secondary N) is 2. The second-order valence-electron chi connectivity index (χ2n) is 5.25. The molecule has 2 amide bonds. The Balaban J connectivity index is 1.59. The van der Waals surface area contributed by atoms with Crippen molar-refractivity contribution in [3.63, 3.8) is 0 Å². The van der Waals surface area contributed by atoms with Gasteiger partial charge in [-0.2, -0.15) is 0 Å². The largest absolute Gasteiger partial charge is 0.356 e. The van der Waals surface area contributed by atoms with E-state index in [-0.39, 0.29) is 18.4 Å². The molecule has 22 heavy (non-hydrogen) atoms. The Hall–Kier alpha value is -2.63. The lowest BCUT2D eigenvalue weighted by atomic mass is 9.98. The maximum atomic E-state index is 12.0. The topological polar surface area (TPSA) is 84.2 Å². The van der Waals surface area contributed by atoms with E-state index in [1.807, 2.05) is 30.3 Å². The molecule has 6 nitrogen and oxygen atoms in total. The van der Waals surface area contributed by atoms with Crippen LogP contribution in [-0.4, -0.2) is 23.5 Å². The molecule has 0 radical (unpaired) electrons. The van der Waals surface area contributed by atoms with Gasteiger partial charge in [-0.25, -0.2) is 0 Å². The summed E-state index contributed by atoms with van der Waals surface area (Å²) in [4.78, 5) is 23.7. The van der Waals surface area contributed by atoms with Crippen LogP contribution in [0.15, 0.2) is 40.9 Å². The molecule has 0 bridgehead atoms. The van der Waals surface area contributed by atoms with Gasteiger partial charge in [0.05, 0.1) is 6.54 Å². The van der Waals surface area contributed by atoms with Crippen molar-refractivity contribution in [2.75, 3.05) is 6.54 Å². The molecule has 1 aliphatic rings. The lowest BCUT2D eigenvalue weighted by Crippen LogP contribution is -2.44. The summed E-state index contributed by atoms with van der Waals surface area (Å²) in [5.74, 6) is -0.412. The van der Waals surface area contributed by atoms with Gasteiger partial charge in [0, 0.05) is 18.2 Å². The van der Waals surface area contributed by atoms with Crippen LogP contribution in [0.5, 0.6) is 0 Å². The number of hydrogen-bond donors (Lipinski definition) is 2. The van der Waals surface area contributed by atoms with E-state index in [1.165, 1.54) is 0 Å². The van der Waals surface area contributed by atoms with Gasteiger partial charge in [-0.15, -0.1) is 0 Å². The maximum absolute atomic E-state index is 12.0. The third-order valence-corrected chi connectivity index (χ3v) is 3.66. The second kappa shape index (κ2) is 6.43. The summed E-state index contributed by atoms with van der Waals surface area (Å²) in [6.45, 7) is 0.894. The Morgan fingerprint density at radius 3 is 2.95 bits per heavy atom. The van der Waals surface area contributed by atoms with Gasteiger partial charge < -0.3 is 15.2 Å². The molecule has 6 heteroatoms. The predicted octanol–water partition coefficient (Wildman–Crippen LogP) is 1.48. The zero-order valence-electron chi connectivity index (χ0n) is 12.0. The zero-order chi connectivity index (χ0) is 15.4. The fourth-order valence-electron chi connectivity index (χ4n) is 2.46. The number of carbonyl (C=O) groups excluding carboxylic acids is 2. The Labute approximate surface area is 127 Å².